The summed E-state index contributed by atoms with van der Waals surface area (Å²) in [5.41, 5.74) is 0. The second-order valence-corrected chi connectivity index (χ2v) is 8.11. The van der Waals surface area contributed by atoms with Crippen LogP contribution in [0, 0.1) is 5.92 Å². The van der Waals surface area contributed by atoms with Gasteiger partial charge in [-0.15, -0.1) is 11.6 Å². The van der Waals surface area contributed by atoms with E-state index in [2.05, 4.69) is 20.7 Å². The van der Waals surface area contributed by atoms with Crippen molar-refractivity contribution >= 4 is 37.6 Å². The van der Waals surface area contributed by atoms with Crippen LogP contribution in [0.15, 0.2) is 33.6 Å². The Hall–Kier alpha value is -0.100. The van der Waals surface area contributed by atoms with Crippen LogP contribution in [0.5, 0.6) is 0 Å². The van der Waals surface area contributed by atoms with Crippen molar-refractivity contribution < 1.29 is 8.42 Å². The van der Waals surface area contributed by atoms with E-state index in [9.17, 15) is 8.42 Å². The van der Waals surface area contributed by atoms with Crippen LogP contribution in [0.3, 0.4) is 0 Å². The van der Waals surface area contributed by atoms with Gasteiger partial charge in [-0.25, -0.2) is 13.1 Å². The Kier molecular flexibility index (Phi) is 5.29. The Morgan fingerprint density at radius 2 is 1.84 bits per heavy atom. The summed E-state index contributed by atoms with van der Waals surface area (Å²) in [5.74, 6) is 0.396. The van der Waals surface area contributed by atoms with Crippen LogP contribution in [0.25, 0.3) is 0 Å². The van der Waals surface area contributed by atoms with E-state index in [4.69, 9.17) is 11.6 Å². The van der Waals surface area contributed by atoms with E-state index >= 15 is 0 Å². The number of hydrogen-bond donors (Lipinski definition) is 1. The van der Waals surface area contributed by atoms with Crippen LogP contribution in [0.4, 0.5) is 0 Å². The zero-order valence-electron chi connectivity index (χ0n) is 10.5. The molecule has 1 N–H and O–H groups in total. The molecule has 0 heterocycles. The molecule has 0 bridgehead atoms. The smallest absolute Gasteiger partial charge is 0.211 e. The van der Waals surface area contributed by atoms with Crippen molar-refractivity contribution in [1.82, 2.24) is 4.72 Å². The molecule has 0 atom stereocenters. The van der Waals surface area contributed by atoms with Crippen LogP contribution in [-0.2, 0) is 10.0 Å². The number of sulfonamides is 1. The van der Waals surface area contributed by atoms with Crippen molar-refractivity contribution in [2.75, 3.05) is 6.54 Å². The summed E-state index contributed by atoms with van der Waals surface area (Å²) in [4.78, 5) is 0.293. The lowest BCUT2D eigenvalue weighted by Crippen LogP contribution is -2.31. The standard InChI is InChI=1S/C13H17BrClNO2S/c14-12-3-1-2-4-13(12)19(17,18)16-9-10-5-7-11(15)8-6-10/h1-4,10-11,16H,5-9H2. The van der Waals surface area contributed by atoms with Gasteiger partial charge in [0.25, 0.3) is 0 Å². The first-order valence-corrected chi connectivity index (χ1v) is 9.08. The second-order valence-electron chi connectivity index (χ2n) is 4.90. The molecule has 0 spiro atoms. The van der Waals surface area contributed by atoms with E-state index in [1.807, 2.05) is 0 Å². The van der Waals surface area contributed by atoms with Gasteiger partial charge < -0.3 is 0 Å². The van der Waals surface area contributed by atoms with Crippen molar-refractivity contribution in [2.24, 2.45) is 5.92 Å². The summed E-state index contributed by atoms with van der Waals surface area (Å²) in [5, 5.41) is 0.260. The molecule has 106 valence electrons. The summed E-state index contributed by atoms with van der Waals surface area (Å²) < 4.78 is 27.7. The monoisotopic (exact) mass is 365 g/mol. The zero-order valence-corrected chi connectivity index (χ0v) is 13.6. The van der Waals surface area contributed by atoms with Crippen molar-refractivity contribution in [3.63, 3.8) is 0 Å². The van der Waals surface area contributed by atoms with Crippen molar-refractivity contribution in [1.29, 1.82) is 0 Å². The van der Waals surface area contributed by atoms with Gasteiger partial charge in [-0.3, -0.25) is 0 Å². The summed E-state index contributed by atoms with van der Waals surface area (Å²) in [6, 6.07) is 6.85. The molecule has 0 aliphatic heterocycles. The predicted molar refractivity (Wildman–Crippen MR) is 80.9 cm³/mol. The van der Waals surface area contributed by atoms with Gasteiger partial charge in [-0.05, 0) is 59.7 Å². The first-order chi connectivity index (χ1) is 8.99. The fourth-order valence-electron chi connectivity index (χ4n) is 2.29. The Morgan fingerprint density at radius 3 is 2.47 bits per heavy atom. The molecule has 0 unspecified atom stereocenters. The maximum Gasteiger partial charge on any atom is 0.241 e. The van der Waals surface area contributed by atoms with Gasteiger partial charge in [-0.1, -0.05) is 12.1 Å². The van der Waals surface area contributed by atoms with E-state index in [0.717, 1.165) is 25.7 Å². The highest BCUT2D eigenvalue weighted by molar-refractivity contribution is 9.10. The summed E-state index contributed by atoms with van der Waals surface area (Å²) in [7, 11) is -3.43. The Morgan fingerprint density at radius 1 is 1.21 bits per heavy atom. The van der Waals surface area contributed by atoms with Crippen LogP contribution in [0.2, 0.25) is 0 Å². The largest absolute Gasteiger partial charge is 0.241 e. The maximum absolute atomic E-state index is 12.2. The lowest BCUT2D eigenvalue weighted by Gasteiger charge is -2.25. The SMILES string of the molecule is O=S(=O)(NCC1CCC(Cl)CC1)c1ccccc1Br. The van der Waals surface area contributed by atoms with Gasteiger partial charge in [0.05, 0.1) is 4.90 Å². The van der Waals surface area contributed by atoms with Crippen LogP contribution >= 0.6 is 27.5 Å². The number of rotatable bonds is 4. The number of hydrogen-bond acceptors (Lipinski definition) is 2. The molecular weight excluding hydrogens is 350 g/mol. The highest BCUT2D eigenvalue weighted by Crippen LogP contribution is 2.27. The van der Waals surface area contributed by atoms with Gasteiger partial charge in [0.15, 0.2) is 0 Å². The van der Waals surface area contributed by atoms with E-state index in [-0.39, 0.29) is 5.38 Å². The molecule has 3 nitrogen and oxygen atoms in total. The van der Waals surface area contributed by atoms with E-state index in [1.165, 1.54) is 0 Å². The fraction of sp³-hybridized carbons (Fsp3) is 0.538. The molecule has 6 heteroatoms. The highest BCUT2D eigenvalue weighted by atomic mass is 79.9. The first-order valence-electron chi connectivity index (χ1n) is 6.37. The molecule has 0 saturated heterocycles. The molecule has 1 aromatic carbocycles. The molecule has 1 fully saturated rings. The van der Waals surface area contributed by atoms with E-state index < -0.39 is 10.0 Å². The Balaban J connectivity index is 1.97. The third-order valence-electron chi connectivity index (χ3n) is 3.46. The van der Waals surface area contributed by atoms with E-state index in [1.54, 1.807) is 24.3 Å². The van der Waals surface area contributed by atoms with Crippen LogP contribution in [-0.4, -0.2) is 20.3 Å². The molecule has 1 saturated carbocycles. The molecule has 0 aromatic heterocycles. The normalized spacial score (nSPS) is 24.3. The quantitative estimate of drug-likeness (QED) is 0.829. The summed E-state index contributed by atoms with van der Waals surface area (Å²) >= 11 is 9.31. The van der Waals surface area contributed by atoms with Crippen LogP contribution < -0.4 is 4.72 Å². The Labute approximate surface area is 127 Å². The molecule has 19 heavy (non-hydrogen) atoms. The van der Waals surface area contributed by atoms with Crippen LogP contribution in [0.1, 0.15) is 25.7 Å². The fourth-order valence-corrected chi connectivity index (χ4v) is 4.66. The molecule has 0 amide bonds. The lowest BCUT2D eigenvalue weighted by atomic mass is 9.89. The topological polar surface area (TPSA) is 46.2 Å². The Bertz CT molecular complexity index is 527. The summed E-state index contributed by atoms with van der Waals surface area (Å²) in [6.45, 7) is 0.493. The van der Waals surface area contributed by atoms with Crippen molar-refractivity contribution in [3.05, 3.63) is 28.7 Å². The number of benzene rings is 1. The minimum absolute atomic E-state index is 0.260. The number of halogens is 2. The minimum Gasteiger partial charge on any atom is -0.211 e. The van der Waals surface area contributed by atoms with Gasteiger partial charge in [0, 0.05) is 16.4 Å². The molecule has 1 aliphatic rings. The van der Waals surface area contributed by atoms with Gasteiger partial charge in [0.1, 0.15) is 0 Å². The third kappa shape index (κ3) is 4.18. The lowest BCUT2D eigenvalue weighted by molar-refractivity contribution is 0.361. The van der Waals surface area contributed by atoms with Crippen molar-refractivity contribution in [3.8, 4) is 0 Å². The van der Waals surface area contributed by atoms with E-state index in [0.29, 0.717) is 21.8 Å². The molecule has 0 radical (unpaired) electrons. The average Bonchev–Trinajstić information content (AvgIpc) is 2.38. The second kappa shape index (κ2) is 6.57. The molecule has 1 aliphatic carbocycles. The molecule has 2 rings (SSSR count). The first kappa shape index (κ1) is 15.3. The number of alkyl halides is 1. The predicted octanol–water partition coefficient (Wildman–Crippen LogP) is 3.53. The van der Waals surface area contributed by atoms with Gasteiger partial charge in [-0.2, -0.15) is 0 Å². The zero-order chi connectivity index (χ0) is 13.9. The highest BCUT2D eigenvalue weighted by Gasteiger charge is 2.22. The third-order valence-corrected chi connectivity index (χ3v) is 6.34. The minimum atomic E-state index is -3.43. The summed E-state index contributed by atoms with van der Waals surface area (Å²) in [6.07, 6.45) is 3.94. The van der Waals surface area contributed by atoms with Crippen molar-refractivity contribution in [2.45, 2.75) is 36.0 Å². The number of nitrogens with one attached hydrogen (secondary N) is 1. The van der Waals surface area contributed by atoms with Gasteiger partial charge in [0.2, 0.25) is 10.0 Å². The average molecular weight is 367 g/mol. The molecular formula is C13H17BrClNO2S. The van der Waals surface area contributed by atoms with Gasteiger partial charge >= 0.3 is 0 Å². The maximum atomic E-state index is 12.2. The molecule has 1 aromatic rings.